The summed E-state index contributed by atoms with van der Waals surface area (Å²) in [6.45, 7) is 11.0. The molecule has 0 saturated carbocycles. The zero-order chi connectivity index (χ0) is 15.3. The Balaban J connectivity index is 2.50. The van der Waals surface area contributed by atoms with Crippen LogP contribution in [0.1, 0.15) is 47.0 Å². The van der Waals surface area contributed by atoms with Crippen molar-refractivity contribution in [2.45, 2.75) is 65.2 Å². The molecule has 120 valence electrons. The van der Waals surface area contributed by atoms with Crippen LogP contribution < -0.4 is 5.32 Å². The Morgan fingerprint density at radius 3 is 2.35 bits per heavy atom. The zero-order valence-electron chi connectivity index (χ0n) is 13.1. The number of hydrogen-bond acceptors (Lipinski definition) is 2. The third kappa shape index (κ3) is 6.44. The second-order valence-electron chi connectivity index (χ2n) is 6.76. The van der Waals surface area contributed by atoms with E-state index in [1.54, 1.807) is 0 Å². The van der Waals surface area contributed by atoms with Crippen LogP contribution in [-0.4, -0.2) is 42.8 Å². The molecule has 0 aromatic carbocycles. The van der Waals surface area contributed by atoms with Crippen molar-refractivity contribution in [2.75, 3.05) is 19.6 Å². The van der Waals surface area contributed by atoms with E-state index in [0.717, 1.165) is 19.5 Å². The molecule has 1 fully saturated rings. The quantitative estimate of drug-likeness (QED) is 0.804. The van der Waals surface area contributed by atoms with Crippen LogP contribution in [-0.2, 0) is 0 Å². The summed E-state index contributed by atoms with van der Waals surface area (Å²) in [4.78, 5) is 2.26. The van der Waals surface area contributed by atoms with Crippen LogP contribution in [0.15, 0.2) is 0 Å². The normalized spacial score (nSPS) is 25.6. The van der Waals surface area contributed by atoms with Crippen LogP contribution in [0.3, 0.4) is 0 Å². The van der Waals surface area contributed by atoms with Gasteiger partial charge in [-0.1, -0.05) is 27.7 Å². The Morgan fingerprint density at radius 2 is 1.85 bits per heavy atom. The average molecular weight is 294 g/mol. The summed E-state index contributed by atoms with van der Waals surface area (Å²) in [5, 5.41) is 3.55. The van der Waals surface area contributed by atoms with E-state index in [4.69, 9.17) is 0 Å². The lowest BCUT2D eigenvalue weighted by molar-refractivity contribution is -0.136. The number of nitrogens with one attached hydrogen (secondary N) is 1. The SMILES string of the molecule is CC(C)CC1CN(CCCC(F)(F)F)C(C(C)C)CN1. The standard InChI is InChI=1S/C15H29F3N2/c1-11(2)8-13-10-20(7-5-6-15(16,17)18)14(9-19-13)12(3)4/h11-14,19H,5-10H2,1-4H3. The Morgan fingerprint density at radius 1 is 1.20 bits per heavy atom. The van der Waals surface area contributed by atoms with E-state index in [1.807, 2.05) is 0 Å². The molecule has 5 heteroatoms. The van der Waals surface area contributed by atoms with Gasteiger partial charge >= 0.3 is 6.18 Å². The molecule has 20 heavy (non-hydrogen) atoms. The smallest absolute Gasteiger partial charge is 0.311 e. The fourth-order valence-electron chi connectivity index (χ4n) is 3.02. The third-order valence-corrected chi connectivity index (χ3v) is 3.97. The van der Waals surface area contributed by atoms with Gasteiger partial charge in [-0.15, -0.1) is 0 Å². The lowest BCUT2D eigenvalue weighted by Crippen LogP contribution is -2.58. The summed E-state index contributed by atoms with van der Waals surface area (Å²) < 4.78 is 36.9. The molecule has 2 nitrogen and oxygen atoms in total. The van der Waals surface area contributed by atoms with Crippen LogP contribution in [0.2, 0.25) is 0 Å². The second kappa shape index (κ2) is 7.64. The van der Waals surface area contributed by atoms with Crippen molar-refractivity contribution >= 4 is 0 Å². The molecule has 1 N–H and O–H groups in total. The molecule has 1 saturated heterocycles. The lowest BCUT2D eigenvalue weighted by atomic mass is 9.94. The second-order valence-corrected chi connectivity index (χ2v) is 6.76. The number of piperazine rings is 1. The minimum atomic E-state index is -4.03. The lowest BCUT2D eigenvalue weighted by Gasteiger charge is -2.43. The van der Waals surface area contributed by atoms with Gasteiger partial charge in [0.2, 0.25) is 0 Å². The van der Waals surface area contributed by atoms with Crippen molar-refractivity contribution in [1.82, 2.24) is 10.2 Å². The van der Waals surface area contributed by atoms with Crippen molar-refractivity contribution < 1.29 is 13.2 Å². The third-order valence-electron chi connectivity index (χ3n) is 3.97. The summed E-state index contributed by atoms with van der Waals surface area (Å²) in [6, 6.07) is 0.766. The highest BCUT2D eigenvalue weighted by atomic mass is 19.4. The number of nitrogens with zero attached hydrogens (tertiary/aromatic N) is 1. The van der Waals surface area contributed by atoms with E-state index < -0.39 is 12.6 Å². The zero-order valence-corrected chi connectivity index (χ0v) is 13.1. The molecule has 0 aromatic heterocycles. The fraction of sp³-hybridized carbons (Fsp3) is 1.00. The average Bonchev–Trinajstić information content (AvgIpc) is 2.26. The van der Waals surface area contributed by atoms with E-state index in [1.165, 1.54) is 0 Å². The first-order valence-corrected chi connectivity index (χ1v) is 7.73. The topological polar surface area (TPSA) is 15.3 Å². The van der Waals surface area contributed by atoms with E-state index in [2.05, 4.69) is 37.9 Å². The largest absolute Gasteiger partial charge is 0.389 e. The van der Waals surface area contributed by atoms with Gasteiger partial charge in [-0.2, -0.15) is 13.2 Å². The van der Waals surface area contributed by atoms with Crippen molar-refractivity contribution in [2.24, 2.45) is 11.8 Å². The van der Waals surface area contributed by atoms with Gasteiger partial charge in [-0.05, 0) is 31.2 Å². The van der Waals surface area contributed by atoms with Crippen LogP contribution in [0.5, 0.6) is 0 Å². The first kappa shape index (κ1) is 17.8. The summed E-state index contributed by atoms with van der Waals surface area (Å²) >= 11 is 0. The molecule has 2 unspecified atom stereocenters. The summed E-state index contributed by atoms with van der Waals surface area (Å²) in [5.74, 6) is 1.08. The molecule has 1 aliphatic heterocycles. The highest BCUT2D eigenvalue weighted by Gasteiger charge is 2.31. The van der Waals surface area contributed by atoms with E-state index in [0.29, 0.717) is 30.5 Å². The predicted molar refractivity (Wildman–Crippen MR) is 76.7 cm³/mol. The molecule has 0 aliphatic carbocycles. The molecule has 0 radical (unpaired) electrons. The number of halogens is 3. The predicted octanol–water partition coefficient (Wildman–Crippen LogP) is 3.67. The Labute approximate surface area is 121 Å². The minimum absolute atomic E-state index is 0.209. The van der Waals surface area contributed by atoms with Crippen LogP contribution in [0, 0.1) is 11.8 Å². The summed E-state index contributed by atoms with van der Waals surface area (Å²) in [6.07, 6.45) is -3.41. The fourth-order valence-corrected chi connectivity index (χ4v) is 3.02. The molecule has 0 aromatic rings. The molecule has 0 amide bonds. The first-order valence-electron chi connectivity index (χ1n) is 7.73. The highest BCUT2D eigenvalue weighted by molar-refractivity contribution is 4.88. The van der Waals surface area contributed by atoms with Gasteiger partial charge in [0.1, 0.15) is 0 Å². The van der Waals surface area contributed by atoms with Gasteiger partial charge in [-0.3, -0.25) is 4.90 Å². The maximum atomic E-state index is 12.3. The summed E-state index contributed by atoms with van der Waals surface area (Å²) in [7, 11) is 0. The molecule has 2 atom stereocenters. The molecule has 1 heterocycles. The highest BCUT2D eigenvalue weighted by Crippen LogP contribution is 2.23. The van der Waals surface area contributed by atoms with Gasteiger partial charge in [0, 0.05) is 31.6 Å². The van der Waals surface area contributed by atoms with Gasteiger partial charge in [0.05, 0.1) is 0 Å². The number of hydrogen-bond donors (Lipinski definition) is 1. The maximum Gasteiger partial charge on any atom is 0.389 e. The number of rotatable bonds is 6. The van der Waals surface area contributed by atoms with Crippen molar-refractivity contribution in [3.63, 3.8) is 0 Å². The Hall–Kier alpha value is -0.290. The van der Waals surface area contributed by atoms with Gasteiger partial charge in [-0.25, -0.2) is 0 Å². The van der Waals surface area contributed by atoms with Crippen LogP contribution >= 0.6 is 0 Å². The number of alkyl halides is 3. The molecular weight excluding hydrogens is 265 g/mol. The molecular formula is C15H29F3N2. The van der Waals surface area contributed by atoms with Gasteiger partial charge in [0.15, 0.2) is 0 Å². The van der Waals surface area contributed by atoms with Gasteiger partial charge in [0.25, 0.3) is 0 Å². The van der Waals surface area contributed by atoms with Crippen molar-refractivity contribution in [1.29, 1.82) is 0 Å². The molecule has 1 aliphatic rings. The Bertz CT molecular complexity index is 277. The molecule has 0 bridgehead atoms. The van der Waals surface area contributed by atoms with Crippen LogP contribution in [0.25, 0.3) is 0 Å². The maximum absolute atomic E-state index is 12.3. The Kier molecular flexibility index (Phi) is 6.79. The van der Waals surface area contributed by atoms with Gasteiger partial charge < -0.3 is 5.32 Å². The minimum Gasteiger partial charge on any atom is -0.311 e. The van der Waals surface area contributed by atoms with E-state index in [9.17, 15) is 13.2 Å². The summed E-state index contributed by atoms with van der Waals surface area (Å²) in [5.41, 5.74) is 0. The van der Waals surface area contributed by atoms with E-state index in [-0.39, 0.29) is 6.42 Å². The van der Waals surface area contributed by atoms with Crippen LogP contribution in [0.4, 0.5) is 13.2 Å². The van der Waals surface area contributed by atoms with Crippen molar-refractivity contribution in [3.8, 4) is 0 Å². The molecule has 1 rings (SSSR count). The van der Waals surface area contributed by atoms with E-state index >= 15 is 0 Å². The first-order chi connectivity index (χ1) is 9.19. The monoisotopic (exact) mass is 294 g/mol. The van der Waals surface area contributed by atoms with Crippen molar-refractivity contribution in [3.05, 3.63) is 0 Å². The molecule has 0 spiro atoms.